The van der Waals surface area contributed by atoms with Crippen molar-refractivity contribution in [2.24, 2.45) is 10.9 Å². The summed E-state index contributed by atoms with van der Waals surface area (Å²) in [6, 6.07) is 4.70. The second-order valence-corrected chi connectivity index (χ2v) is 6.09. The second-order valence-electron chi connectivity index (χ2n) is 6.09. The van der Waals surface area contributed by atoms with Gasteiger partial charge >= 0.3 is 6.03 Å². The Morgan fingerprint density at radius 3 is 2.46 bits per heavy atom. The van der Waals surface area contributed by atoms with Crippen LogP contribution in [0.15, 0.2) is 29.3 Å². The number of quaternary nitrogens is 1. The van der Waals surface area contributed by atoms with Crippen LogP contribution < -0.4 is 10.2 Å². The first-order valence-corrected chi connectivity index (χ1v) is 8.70. The standard InChI is InChI=1S/C18H23FN4O3/c1-3-22(4-2)10-9-20-11-15-16(24)21-18(26)23(17(15)25)12-13-5-7-14(19)8-6-13/h5-8,11,15H,3-4,9-10,12H2,1-2H3,(H,21,24,26)/p+1. The normalized spacial score (nSPS) is 18.1. The van der Waals surface area contributed by atoms with Gasteiger partial charge in [-0.05, 0) is 31.5 Å². The SMILES string of the molecule is CC[NH+](CC)CCN=CC1C(=O)NC(=O)N(Cc2ccc(F)cc2)C1=O. The van der Waals surface area contributed by atoms with Crippen molar-refractivity contribution in [3.05, 3.63) is 35.6 Å². The summed E-state index contributed by atoms with van der Waals surface area (Å²) in [5.74, 6) is -2.82. The number of barbiturate groups is 1. The van der Waals surface area contributed by atoms with Crippen LogP contribution in [0.4, 0.5) is 9.18 Å². The molecule has 2 N–H and O–H groups in total. The number of amides is 4. The van der Waals surface area contributed by atoms with E-state index in [9.17, 15) is 18.8 Å². The van der Waals surface area contributed by atoms with Crippen LogP contribution in [0.3, 0.4) is 0 Å². The average molecular weight is 363 g/mol. The van der Waals surface area contributed by atoms with Gasteiger partial charge in [0.1, 0.15) is 5.82 Å². The van der Waals surface area contributed by atoms with Crippen LogP contribution in [-0.4, -0.2) is 55.1 Å². The van der Waals surface area contributed by atoms with Crippen molar-refractivity contribution < 1.29 is 23.7 Å². The number of aliphatic imine (C=N–C) groups is 1. The molecule has 0 radical (unpaired) electrons. The summed E-state index contributed by atoms with van der Waals surface area (Å²) in [5.41, 5.74) is 0.588. The molecule has 1 unspecified atom stereocenters. The van der Waals surface area contributed by atoms with Gasteiger partial charge in [0, 0.05) is 6.21 Å². The lowest BCUT2D eigenvalue weighted by molar-refractivity contribution is -0.894. The van der Waals surface area contributed by atoms with Crippen LogP contribution in [-0.2, 0) is 16.1 Å². The third kappa shape index (κ3) is 4.95. The fraction of sp³-hybridized carbons (Fsp3) is 0.444. The van der Waals surface area contributed by atoms with Gasteiger partial charge in [0.05, 0.1) is 32.7 Å². The number of urea groups is 1. The van der Waals surface area contributed by atoms with Gasteiger partial charge in [0.25, 0.3) is 0 Å². The van der Waals surface area contributed by atoms with Crippen molar-refractivity contribution in [3.63, 3.8) is 0 Å². The maximum Gasteiger partial charge on any atom is 0.331 e. The number of nitrogens with zero attached hydrogens (tertiary/aromatic N) is 2. The smallest absolute Gasteiger partial charge is 0.331 e. The van der Waals surface area contributed by atoms with Crippen LogP contribution in [0.2, 0.25) is 0 Å². The Bertz CT molecular complexity index is 686. The van der Waals surface area contributed by atoms with Crippen molar-refractivity contribution in [1.29, 1.82) is 0 Å². The van der Waals surface area contributed by atoms with Crippen molar-refractivity contribution in [2.75, 3.05) is 26.2 Å². The van der Waals surface area contributed by atoms with Gasteiger partial charge in [0.2, 0.25) is 11.8 Å². The van der Waals surface area contributed by atoms with E-state index >= 15 is 0 Å². The van der Waals surface area contributed by atoms with Gasteiger partial charge in [-0.1, -0.05) is 12.1 Å². The summed E-state index contributed by atoms with van der Waals surface area (Å²) in [4.78, 5) is 43.0. The van der Waals surface area contributed by atoms with Crippen LogP contribution in [0.25, 0.3) is 0 Å². The molecule has 0 aliphatic carbocycles. The third-order valence-corrected chi connectivity index (χ3v) is 4.39. The number of carbonyl (C=O) groups is 3. The minimum atomic E-state index is -1.13. The molecule has 26 heavy (non-hydrogen) atoms. The molecule has 0 aromatic heterocycles. The molecule has 1 saturated heterocycles. The summed E-state index contributed by atoms with van der Waals surface area (Å²) in [6.45, 7) is 7.40. The van der Waals surface area contributed by atoms with Gasteiger partial charge in [-0.3, -0.25) is 24.8 Å². The van der Waals surface area contributed by atoms with E-state index < -0.39 is 29.6 Å². The number of hydrogen-bond donors (Lipinski definition) is 2. The Balaban J connectivity index is 2.03. The van der Waals surface area contributed by atoms with E-state index in [1.54, 1.807) is 0 Å². The number of rotatable bonds is 8. The largest absolute Gasteiger partial charge is 0.334 e. The van der Waals surface area contributed by atoms with E-state index in [4.69, 9.17) is 0 Å². The Kier molecular flexibility index (Phi) is 6.97. The summed E-state index contributed by atoms with van der Waals surface area (Å²) in [6.07, 6.45) is 1.31. The average Bonchev–Trinajstić information content (AvgIpc) is 2.62. The fourth-order valence-electron chi connectivity index (χ4n) is 2.69. The van der Waals surface area contributed by atoms with E-state index in [-0.39, 0.29) is 6.54 Å². The molecule has 8 heteroatoms. The van der Waals surface area contributed by atoms with Gasteiger partial charge in [-0.2, -0.15) is 0 Å². The number of carbonyl (C=O) groups excluding carboxylic acids is 3. The minimum absolute atomic E-state index is 0.0356. The Hall–Kier alpha value is -2.61. The molecule has 0 saturated carbocycles. The monoisotopic (exact) mass is 363 g/mol. The summed E-state index contributed by atoms with van der Waals surface area (Å²) in [5, 5.41) is 2.17. The zero-order valence-electron chi connectivity index (χ0n) is 15.0. The first kappa shape index (κ1) is 19.7. The van der Waals surface area contributed by atoms with Gasteiger partial charge in [-0.15, -0.1) is 0 Å². The molecule has 1 atom stereocenters. The maximum atomic E-state index is 13.0. The van der Waals surface area contributed by atoms with Gasteiger partial charge in [-0.25, -0.2) is 9.18 Å². The van der Waals surface area contributed by atoms with Crippen LogP contribution in [0.5, 0.6) is 0 Å². The molecule has 0 bridgehead atoms. The lowest BCUT2D eigenvalue weighted by Gasteiger charge is -2.28. The Labute approximate surface area is 151 Å². The molecule has 140 valence electrons. The van der Waals surface area contributed by atoms with Crippen molar-refractivity contribution in [2.45, 2.75) is 20.4 Å². The number of imide groups is 2. The van der Waals surface area contributed by atoms with Gasteiger partial charge < -0.3 is 4.90 Å². The zero-order chi connectivity index (χ0) is 19.1. The van der Waals surface area contributed by atoms with E-state index in [1.807, 2.05) is 0 Å². The molecule has 1 aromatic rings. The first-order valence-electron chi connectivity index (χ1n) is 8.70. The number of likely N-dealkylation sites (N-methyl/N-ethyl adjacent to an activating group) is 1. The highest BCUT2D eigenvalue weighted by Gasteiger charge is 2.39. The highest BCUT2D eigenvalue weighted by molar-refractivity contribution is 6.23. The molecule has 7 nitrogen and oxygen atoms in total. The van der Waals surface area contributed by atoms with Crippen LogP contribution in [0.1, 0.15) is 19.4 Å². The minimum Gasteiger partial charge on any atom is -0.334 e. The molecular formula is C18H24FN4O3+. The topological polar surface area (TPSA) is 83.3 Å². The molecule has 1 fully saturated rings. The number of nitrogens with one attached hydrogen (secondary N) is 2. The highest BCUT2D eigenvalue weighted by Crippen LogP contribution is 2.14. The summed E-state index contributed by atoms with van der Waals surface area (Å²) >= 11 is 0. The molecular weight excluding hydrogens is 339 g/mol. The molecule has 4 amide bonds. The van der Waals surface area contributed by atoms with E-state index in [0.29, 0.717) is 12.1 Å². The van der Waals surface area contributed by atoms with Crippen LogP contribution >= 0.6 is 0 Å². The van der Waals surface area contributed by atoms with E-state index in [0.717, 1.165) is 24.5 Å². The Morgan fingerprint density at radius 1 is 1.19 bits per heavy atom. The molecule has 1 aromatic carbocycles. The van der Waals surface area contributed by atoms with E-state index in [2.05, 4.69) is 24.2 Å². The molecule has 1 aliphatic heterocycles. The lowest BCUT2D eigenvalue weighted by atomic mass is 10.1. The number of hydrogen-bond acceptors (Lipinski definition) is 4. The number of benzene rings is 1. The molecule has 2 rings (SSSR count). The predicted octanol–water partition coefficient (Wildman–Crippen LogP) is 0.0158. The van der Waals surface area contributed by atoms with Crippen molar-refractivity contribution >= 4 is 24.1 Å². The molecule has 1 aliphatic rings. The lowest BCUT2D eigenvalue weighted by Crippen LogP contribution is -3.11. The van der Waals surface area contributed by atoms with Gasteiger partial charge in [0.15, 0.2) is 5.92 Å². The highest BCUT2D eigenvalue weighted by atomic mass is 19.1. The van der Waals surface area contributed by atoms with Crippen molar-refractivity contribution in [1.82, 2.24) is 10.2 Å². The summed E-state index contributed by atoms with van der Waals surface area (Å²) < 4.78 is 13.0. The quantitative estimate of drug-likeness (QED) is 0.504. The molecule has 1 heterocycles. The van der Waals surface area contributed by atoms with Crippen molar-refractivity contribution in [3.8, 4) is 0 Å². The summed E-state index contributed by atoms with van der Waals surface area (Å²) in [7, 11) is 0. The maximum absolute atomic E-state index is 13.0. The fourth-order valence-corrected chi connectivity index (χ4v) is 2.69. The second kappa shape index (κ2) is 9.19. The third-order valence-electron chi connectivity index (χ3n) is 4.39. The number of halogens is 1. The molecule has 0 spiro atoms. The Morgan fingerprint density at radius 2 is 1.85 bits per heavy atom. The van der Waals surface area contributed by atoms with E-state index in [1.165, 1.54) is 35.4 Å². The van der Waals surface area contributed by atoms with Crippen LogP contribution in [0, 0.1) is 11.7 Å². The first-order chi connectivity index (χ1) is 12.5. The predicted molar refractivity (Wildman–Crippen MR) is 94.2 cm³/mol. The zero-order valence-corrected chi connectivity index (χ0v) is 15.0.